The molecule has 2 fully saturated rings. The molecule has 2 heteroatoms. The average molecular weight is 182 g/mol. The van der Waals surface area contributed by atoms with Crippen molar-refractivity contribution in [2.24, 2.45) is 0 Å². The number of hydrogen-bond acceptors (Lipinski definition) is 2. The minimum absolute atomic E-state index is 0.646. The summed E-state index contributed by atoms with van der Waals surface area (Å²) in [6.07, 6.45) is 5.59. The molecule has 2 heterocycles. The zero-order chi connectivity index (χ0) is 9.42. The van der Waals surface area contributed by atoms with Gasteiger partial charge >= 0.3 is 0 Å². The number of hydrogen-bond donors (Lipinski definition) is 1. The van der Waals surface area contributed by atoms with E-state index in [0.717, 1.165) is 18.1 Å². The lowest BCUT2D eigenvalue weighted by molar-refractivity contribution is 0.145. The van der Waals surface area contributed by atoms with Gasteiger partial charge in [0.15, 0.2) is 0 Å². The molecule has 0 amide bonds. The molecule has 0 radical (unpaired) electrons. The van der Waals surface area contributed by atoms with Crippen LogP contribution in [0.25, 0.3) is 0 Å². The van der Waals surface area contributed by atoms with Crippen LogP contribution in [0.1, 0.15) is 39.5 Å². The van der Waals surface area contributed by atoms with Gasteiger partial charge in [0, 0.05) is 24.2 Å². The first-order valence-corrected chi connectivity index (χ1v) is 5.65. The van der Waals surface area contributed by atoms with Gasteiger partial charge < -0.3 is 10.2 Å². The summed E-state index contributed by atoms with van der Waals surface area (Å²) in [5, 5.41) is 3.68. The Labute approximate surface area is 81.7 Å². The second-order valence-corrected chi connectivity index (χ2v) is 5.04. The molecule has 2 aliphatic rings. The van der Waals surface area contributed by atoms with Gasteiger partial charge in [-0.25, -0.2) is 0 Å². The molecule has 0 saturated carbocycles. The molecule has 0 aromatic heterocycles. The van der Waals surface area contributed by atoms with Gasteiger partial charge in [-0.2, -0.15) is 0 Å². The predicted octanol–water partition coefficient (Wildman–Crippen LogP) is 1.61. The molecule has 76 valence electrons. The molecule has 2 nitrogen and oxygen atoms in total. The molecule has 2 bridgehead atoms. The third kappa shape index (κ3) is 1.89. The summed E-state index contributed by atoms with van der Waals surface area (Å²) in [5.74, 6) is 0. The van der Waals surface area contributed by atoms with E-state index in [4.69, 9.17) is 0 Å². The lowest BCUT2D eigenvalue weighted by Gasteiger charge is -2.37. The van der Waals surface area contributed by atoms with Crippen LogP contribution in [0.15, 0.2) is 0 Å². The molecule has 0 aromatic carbocycles. The van der Waals surface area contributed by atoms with Gasteiger partial charge in [0.05, 0.1) is 0 Å². The van der Waals surface area contributed by atoms with Gasteiger partial charge in [-0.05, 0) is 32.7 Å². The number of fused-ring (bicyclic) bond motifs is 2. The molecule has 0 aromatic rings. The van der Waals surface area contributed by atoms with Crippen LogP contribution in [0.2, 0.25) is 0 Å². The maximum Gasteiger partial charge on any atom is 0.0111 e. The Hall–Kier alpha value is -0.0800. The normalized spacial score (nSPS) is 40.2. The Bertz CT molecular complexity index is 165. The van der Waals surface area contributed by atoms with Crippen LogP contribution in [-0.2, 0) is 0 Å². The number of nitrogens with zero attached hydrogens (tertiary/aromatic N) is 1. The van der Waals surface area contributed by atoms with Gasteiger partial charge in [-0.1, -0.05) is 13.8 Å². The number of piperidine rings is 1. The Kier molecular flexibility index (Phi) is 2.61. The summed E-state index contributed by atoms with van der Waals surface area (Å²) in [7, 11) is 2.30. The molecule has 2 aliphatic heterocycles. The molecule has 1 N–H and O–H groups in total. The fraction of sp³-hybridized carbons (Fsp3) is 1.00. The van der Waals surface area contributed by atoms with Gasteiger partial charge in [-0.15, -0.1) is 0 Å². The first-order valence-electron chi connectivity index (χ1n) is 5.65. The van der Waals surface area contributed by atoms with Crippen molar-refractivity contribution < 1.29 is 0 Å². The highest BCUT2D eigenvalue weighted by molar-refractivity contribution is 4.96. The van der Waals surface area contributed by atoms with Crippen molar-refractivity contribution in [3.63, 3.8) is 0 Å². The number of rotatable bonds is 2. The van der Waals surface area contributed by atoms with E-state index in [-0.39, 0.29) is 0 Å². The lowest BCUT2D eigenvalue weighted by Crippen LogP contribution is -2.48. The second-order valence-electron chi connectivity index (χ2n) is 5.04. The first kappa shape index (κ1) is 9.47. The third-order valence-corrected chi connectivity index (χ3v) is 3.67. The van der Waals surface area contributed by atoms with Gasteiger partial charge in [0.25, 0.3) is 0 Å². The van der Waals surface area contributed by atoms with Crippen molar-refractivity contribution in [1.82, 2.24) is 10.2 Å². The van der Waals surface area contributed by atoms with Crippen molar-refractivity contribution in [2.45, 2.75) is 63.7 Å². The standard InChI is InChI=1S/C11H22N2/c1-8(2)12-9-6-10-4-5-11(7-9)13(10)3/h8-12H,4-7H2,1-3H3/t9-,10-,11+. The second kappa shape index (κ2) is 3.58. The highest BCUT2D eigenvalue weighted by Gasteiger charge is 2.38. The van der Waals surface area contributed by atoms with Crippen LogP contribution in [0.3, 0.4) is 0 Å². The fourth-order valence-electron chi connectivity index (χ4n) is 3.02. The topological polar surface area (TPSA) is 15.3 Å². The minimum Gasteiger partial charge on any atom is -0.312 e. The molecule has 0 aliphatic carbocycles. The summed E-state index contributed by atoms with van der Waals surface area (Å²) in [6.45, 7) is 4.50. The quantitative estimate of drug-likeness (QED) is 0.698. The van der Waals surface area contributed by atoms with Crippen molar-refractivity contribution >= 4 is 0 Å². The fourth-order valence-corrected chi connectivity index (χ4v) is 3.02. The van der Waals surface area contributed by atoms with E-state index >= 15 is 0 Å². The summed E-state index contributed by atoms with van der Waals surface area (Å²) < 4.78 is 0. The highest BCUT2D eigenvalue weighted by Crippen LogP contribution is 2.34. The molecule has 2 saturated heterocycles. The number of nitrogens with one attached hydrogen (secondary N) is 1. The molecular formula is C11H22N2. The maximum absolute atomic E-state index is 3.68. The Morgan fingerprint density at radius 2 is 1.69 bits per heavy atom. The Morgan fingerprint density at radius 1 is 1.15 bits per heavy atom. The molecule has 0 unspecified atom stereocenters. The van der Waals surface area contributed by atoms with Crippen molar-refractivity contribution in [2.75, 3.05) is 7.05 Å². The smallest absolute Gasteiger partial charge is 0.0111 e. The lowest BCUT2D eigenvalue weighted by atomic mass is 9.97. The van der Waals surface area contributed by atoms with Crippen molar-refractivity contribution in [3.05, 3.63) is 0 Å². The molecule has 13 heavy (non-hydrogen) atoms. The molecule has 3 atom stereocenters. The Balaban J connectivity index is 1.91. The zero-order valence-electron chi connectivity index (χ0n) is 9.09. The molecule has 2 rings (SSSR count). The first-order chi connectivity index (χ1) is 6.16. The van der Waals surface area contributed by atoms with Gasteiger partial charge in [-0.3, -0.25) is 0 Å². The van der Waals surface area contributed by atoms with E-state index in [9.17, 15) is 0 Å². The van der Waals surface area contributed by atoms with Crippen LogP contribution in [0.5, 0.6) is 0 Å². The zero-order valence-corrected chi connectivity index (χ0v) is 9.09. The monoisotopic (exact) mass is 182 g/mol. The minimum atomic E-state index is 0.646. The summed E-state index contributed by atoms with van der Waals surface area (Å²) in [4.78, 5) is 2.60. The van der Waals surface area contributed by atoms with Crippen LogP contribution in [0, 0.1) is 0 Å². The van der Waals surface area contributed by atoms with Gasteiger partial charge in [0.1, 0.15) is 0 Å². The van der Waals surface area contributed by atoms with E-state index < -0.39 is 0 Å². The van der Waals surface area contributed by atoms with Gasteiger partial charge in [0.2, 0.25) is 0 Å². The SMILES string of the molecule is CC(C)N[C@@H]1C[C@H]2CC[C@@H](C1)N2C. The Morgan fingerprint density at radius 3 is 2.15 bits per heavy atom. The van der Waals surface area contributed by atoms with E-state index in [0.29, 0.717) is 6.04 Å². The predicted molar refractivity (Wildman–Crippen MR) is 55.9 cm³/mol. The van der Waals surface area contributed by atoms with E-state index in [2.05, 4.69) is 31.1 Å². The van der Waals surface area contributed by atoms with Crippen LogP contribution >= 0.6 is 0 Å². The van der Waals surface area contributed by atoms with Crippen molar-refractivity contribution in [3.8, 4) is 0 Å². The van der Waals surface area contributed by atoms with Crippen LogP contribution in [0.4, 0.5) is 0 Å². The maximum atomic E-state index is 3.68. The third-order valence-electron chi connectivity index (χ3n) is 3.67. The van der Waals surface area contributed by atoms with Crippen molar-refractivity contribution in [1.29, 1.82) is 0 Å². The van der Waals surface area contributed by atoms with Crippen LogP contribution in [-0.4, -0.2) is 36.1 Å². The summed E-state index contributed by atoms with van der Waals surface area (Å²) in [5.41, 5.74) is 0. The largest absolute Gasteiger partial charge is 0.312 e. The van der Waals surface area contributed by atoms with E-state index in [1.807, 2.05) is 0 Å². The summed E-state index contributed by atoms with van der Waals surface area (Å²) in [6, 6.07) is 3.17. The molecular weight excluding hydrogens is 160 g/mol. The summed E-state index contributed by atoms with van der Waals surface area (Å²) >= 11 is 0. The highest BCUT2D eigenvalue weighted by atomic mass is 15.2. The van der Waals surface area contributed by atoms with E-state index in [1.165, 1.54) is 25.7 Å². The molecule has 0 spiro atoms. The van der Waals surface area contributed by atoms with E-state index in [1.54, 1.807) is 0 Å². The average Bonchev–Trinajstić information content (AvgIpc) is 2.33. The van der Waals surface area contributed by atoms with Crippen LogP contribution < -0.4 is 5.32 Å².